The summed E-state index contributed by atoms with van der Waals surface area (Å²) in [5.41, 5.74) is 17.6. The number of para-hydroxylation sites is 5. The Bertz CT molecular complexity index is 4100. The third-order valence-corrected chi connectivity index (χ3v) is 22.7. The first kappa shape index (κ1) is 109. The number of aryl methyl sites for hydroxylation is 6. The Morgan fingerprint density at radius 1 is 0.308 bits per heavy atom. The number of nitrogens with zero attached hydrogens (tertiary/aromatic N) is 10. The number of anilines is 3. The molecule has 0 radical (unpaired) electrons. The Labute approximate surface area is 741 Å². The summed E-state index contributed by atoms with van der Waals surface area (Å²) in [6.07, 6.45) is 11.0. The molecule has 120 heavy (non-hydrogen) atoms. The van der Waals surface area contributed by atoms with E-state index in [0.29, 0.717) is 39.8 Å². The summed E-state index contributed by atoms with van der Waals surface area (Å²) in [7, 11) is 6.29. The lowest BCUT2D eigenvalue weighted by Crippen LogP contribution is -2.65. The van der Waals surface area contributed by atoms with E-state index < -0.39 is 0 Å². The Kier molecular flexibility index (Phi) is 40.7. The summed E-state index contributed by atoms with van der Waals surface area (Å²) >= 11 is 0. The van der Waals surface area contributed by atoms with Crippen molar-refractivity contribution in [1.29, 1.82) is 0 Å². The van der Waals surface area contributed by atoms with Crippen LogP contribution in [0, 0.1) is 41.5 Å². The third kappa shape index (κ3) is 34.7. The van der Waals surface area contributed by atoms with Crippen LogP contribution < -0.4 is 9.80 Å². The maximum absolute atomic E-state index is 2.70. The second-order valence-electron chi connectivity index (χ2n) is 45.9. The summed E-state index contributed by atoms with van der Waals surface area (Å²) in [6, 6.07) is 58.7. The highest BCUT2D eigenvalue weighted by Gasteiger charge is 2.46. The fourth-order valence-electron chi connectivity index (χ4n) is 17.8. The fraction of sp³-hybridized carbons (Fsp3) is 0.618. The number of fused-ring (bicyclic) bond motifs is 3. The summed E-state index contributed by atoms with van der Waals surface area (Å²) in [5.74, 6) is 0. The molecule has 2 saturated heterocycles. The molecule has 10 heteroatoms. The Morgan fingerprint density at radius 2 is 0.617 bits per heavy atom. The van der Waals surface area contributed by atoms with Gasteiger partial charge >= 0.3 is 0 Å². The molecular weight excluding hydrogens is 1460 g/mol. The molecular formula is C110H186N10. The van der Waals surface area contributed by atoms with Gasteiger partial charge in [-0.05, 0) is 448 Å². The van der Waals surface area contributed by atoms with Gasteiger partial charge in [-0.1, -0.05) is 91.0 Å². The molecule has 2 aliphatic rings. The Hall–Kier alpha value is -6.82. The van der Waals surface area contributed by atoms with Crippen molar-refractivity contribution in [2.24, 2.45) is 0 Å². The molecule has 5 aromatic carbocycles. The van der Waals surface area contributed by atoms with Crippen molar-refractivity contribution in [1.82, 2.24) is 37.9 Å². The van der Waals surface area contributed by atoms with Gasteiger partial charge in [0.1, 0.15) is 0 Å². The highest BCUT2D eigenvalue weighted by molar-refractivity contribution is 6.10. The van der Waals surface area contributed by atoms with Crippen molar-refractivity contribution >= 4 is 38.9 Å². The highest BCUT2D eigenvalue weighted by Crippen LogP contribution is 2.44. The zero-order valence-corrected chi connectivity index (χ0v) is 86.8. The molecule has 0 bridgehead atoms. The van der Waals surface area contributed by atoms with Crippen LogP contribution in [0.15, 0.2) is 176 Å². The van der Waals surface area contributed by atoms with E-state index in [1.165, 1.54) is 118 Å². The van der Waals surface area contributed by atoms with E-state index in [4.69, 9.17) is 0 Å². The average molecular weight is 1650 g/mol. The van der Waals surface area contributed by atoms with Crippen LogP contribution in [0.5, 0.6) is 0 Å². The summed E-state index contributed by atoms with van der Waals surface area (Å²) in [5, 5.41) is 2.74. The zero-order chi connectivity index (χ0) is 92.9. The molecule has 0 aliphatic carbocycles. The standard InChI is InChI=1S/C18H21N.C16H19N.C13H27N.C11H17N.2C10H17N.C10H23N.C8H17N.C8H13N.C6H15N/c1-12-8-6-10-14-15-11-7-9-13(2)17(15)19(16(12)14)18(3,4)5;1-16(2,3)17(14-10-6-4-7-11-14)15-12-8-5-9-13-15;1-11(2,3)14-12(4,5)9-8-10-13(14,6)7;1-11(2,3)12(4)10-8-6-5-7-9-10;2*1-8-6-7-9(2)11(8)10(3,4)5;1-8(2)11(9(3)4)10(5,6)7;2*1-8(2,3)9-6-4-5-7-9;1-6(2,3)7(4)5/h6-11H,1-5H3;4-13H,1-3H3;8-10H2,1-7H3;5-9H,1-4H3;2*6-7H,1-5H3;8-9H,1-7H3;4-7H2,1-3H3;4-7H,1-3H3;1-5H3. The Morgan fingerprint density at radius 3 is 0.817 bits per heavy atom. The van der Waals surface area contributed by atoms with Gasteiger partial charge in [0.05, 0.1) is 11.0 Å². The molecule has 0 unspecified atom stereocenters. The minimum Gasteiger partial charge on any atom is -0.370 e. The SMILES string of the molecule is CC(C)(C)N(c1ccccc1)c1ccccc1.CC(C)(C)N1C(C)(C)CCCC1(C)C.CC(C)(C)N1CCCC1.CC(C)(C)n1cccc1.CC(C)N(C(C)C)C(C)(C)C.CN(C)C(C)(C)C.CN(c1ccccc1)C(C)(C)C.Cc1ccc(C)n1C(C)(C)C.Cc1ccc(C)n1C(C)(C)C.Cc1cccc2c3cccc(C)c3n(C(C)(C)C)c12. The minimum atomic E-state index is 0.0582. The van der Waals surface area contributed by atoms with Crippen molar-refractivity contribution in [3.05, 3.63) is 210 Å². The number of hydrogen-bond acceptors (Lipinski definition) is 6. The third-order valence-electron chi connectivity index (χ3n) is 22.7. The molecule has 0 spiro atoms. The van der Waals surface area contributed by atoms with Crippen molar-refractivity contribution in [3.8, 4) is 0 Å². The lowest BCUT2D eigenvalue weighted by atomic mass is 9.76. The number of benzene rings is 5. The van der Waals surface area contributed by atoms with Crippen LogP contribution in [0.25, 0.3) is 21.8 Å². The van der Waals surface area contributed by atoms with E-state index in [1.807, 2.05) is 18.2 Å². The van der Waals surface area contributed by atoms with Crippen molar-refractivity contribution in [3.63, 3.8) is 0 Å². The van der Waals surface area contributed by atoms with Crippen LogP contribution in [0.4, 0.5) is 17.1 Å². The maximum Gasteiger partial charge on any atom is 0.0526 e. The number of piperidine rings is 1. The van der Waals surface area contributed by atoms with Crippen LogP contribution in [0.1, 0.15) is 329 Å². The van der Waals surface area contributed by atoms with Gasteiger partial charge < -0.3 is 33.0 Å². The number of rotatable bonds is 5. The van der Waals surface area contributed by atoms with Gasteiger partial charge in [-0.25, -0.2) is 0 Å². The van der Waals surface area contributed by atoms with E-state index in [9.17, 15) is 0 Å². The lowest BCUT2D eigenvalue weighted by Gasteiger charge is -2.59. The van der Waals surface area contributed by atoms with E-state index in [0.717, 1.165) is 0 Å². The highest BCUT2D eigenvalue weighted by atomic mass is 15.3. The lowest BCUT2D eigenvalue weighted by molar-refractivity contribution is -0.0896. The van der Waals surface area contributed by atoms with E-state index >= 15 is 0 Å². The minimum absolute atomic E-state index is 0.0582. The predicted octanol–water partition coefficient (Wildman–Crippen LogP) is 30.6. The van der Waals surface area contributed by atoms with Crippen LogP contribution >= 0.6 is 0 Å². The smallest absolute Gasteiger partial charge is 0.0526 e. The quantitative estimate of drug-likeness (QED) is 0.171. The first-order valence-corrected chi connectivity index (χ1v) is 45.5. The van der Waals surface area contributed by atoms with Gasteiger partial charge in [0.2, 0.25) is 0 Å². The molecule has 2 fully saturated rings. The molecule has 2 aliphatic heterocycles. The van der Waals surface area contributed by atoms with Crippen molar-refractivity contribution in [2.75, 3.05) is 44.0 Å². The largest absolute Gasteiger partial charge is 0.370 e. The molecule has 0 amide bonds. The van der Waals surface area contributed by atoms with Crippen LogP contribution in [-0.4, -0.2) is 128 Å². The van der Waals surface area contributed by atoms with E-state index in [-0.39, 0.29) is 38.8 Å². The van der Waals surface area contributed by atoms with Gasteiger partial charge in [0, 0.05) is 149 Å². The van der Waals surface area contributed by atoms with Gasteiger partial charge in [-0.3, -0.25) is 14.7 Å². The second-order valence-corrected chi connectivity index (χ2v) is 45.9. The number of hydrogen-bond donors (Lipinski definition) is 0. The van der Waals surface area contributed by atoms with Crippen molar-refractivity contribution < 1.29 is 0 Å². The van der Waals surface area contributed by atoms with E-state index in [2.05, 4.69) is 531 Å². The summed E-state index contributed by atoms with van der Waals surface area (Å²) in [6.45, 7) is 102. The summed E-state index contributed by atoms with van der Waals surface area (Å²) < 4.78 is 9.40. The molecule has 0 N–H and O–H groups in total. The molecule has 676 valence electrons. The number of aromatic nitrogens is 4. The maximum atomic E-state index is 2.70. The zero-order valence-electron chi connectivity index (χ0n) is 86.8. The Balaban J connectivity index is 0.000000458. The molecule has 9 aromatic rings. The van der Waals surface area contributed by atoms with Gasteiger partial charge in [-0.2, -0.15) is 0 Å². The average Bonchev–Trinajstić information content (AvgIpc) is 1.53. The first-order valence-electron chi connectivity index (χ1n) is 45.5. The molecule has 6 heterocycles. The number of likely N-dealkylation sites (tertiary alicyclic amines) is 2. The van der Waals surface area contributed by atoms with Gasteiger partial charge in [0.15, 0.2) is 0 Å². The fourth-order valence-corrected chi connectivity index (χ4v) is 17.8. The predicted molar refractivity (Wildman–Crippen MR) is 540 cm³/mol. The van der Waals surface area contributed by atoms with Crippen molar-refractivity contribution in [2.45, 2.75) is 415 Å². The molecule has 0 saturated carbocycles. The molecule has 4 aromatic heterocycles. The van der Waals surface area contributed by atoms with Gasteiger partial charge in [0.25, 0.3) is 0 Å². The topological polar surface area (TPSA) is 39.2 Å². The van der Waals surface area contributed by atoms with Gasteiger partial charge in [-0.15, -0.1) is 0 Å². The van der Waals surface area contributed by atoms with Crippen LogP contribution in [0.2, 0.25) is 0 Å². The normalized spacial score (nSPS) is 14.8. The second kappa shape index (κ2) is 44.7. The molecule has 0 atom stereocenters. The summed E-state index contributed by atoms with van der Waals surface area (Å²) in [4.78, 5) is 14.6. The molecule has 10 nitrogen and oxygen atoms in total. The first-order chi connectivity index (χ1) is 54.4. The molecule has 11 rings (SSSR count). The monoisotopic (exact) mass is 1650 g/mol. The van der Waals surface area contributed by atoms with Crippen LogP contribution in [-0.2, 0) is 22.2 Å². The van der Waals surface area contributed by atoms with Crippen LogP contribution in [0.3, 0.4) is 0 Å². The van der Waals surface area contributed by atoms with E-state index in [1.54, 1.807) is 0 Å².